The van der Waals surface area contributed by atoms with Gasteiger partial charge in [-0.1, -0.05) is 4.49 Å². The Hall–Kier alpha value is -2.29. The zero-order chi connectivity index (χ0) is 17.8. The highest BCUT2D eigenvalue weighted by molar-refractivity contribution is 7.07. The maximum atomic E-state index is 12.5. The summed E-state index contributed by atoms with van der Waals surface area (Å²) in [6.45, 7) is 10.7. The summed E-state index contributed by atoms with van der Waals surface area (Å²) in [5.74, 6) is 1.78. The summed E-state index contributed by atoms with van der Waals surface area (Å²) < 4.78 is 3.85. The maximum Gasteiger partial charge on any atom is 0.267 e. The molecule has 25 heavy (non-hydrogen) atoms. The summed E-state index contributed by atoms with van der Waals surface area (Å²) in [5.41, 5.74) is 0.704. The molecule has 0 aromatic carbocycles. The molecule has 3 rings (SSSR count). The molecule has 0 saturated carbocycles. The zero-order valence-corrected chi connectivity index (χ0v) is 15.7. The van der Waals surface area contributed by atoms with Gasteiger partial charge in [0.25, 0.3) is 5.91 Å². The lowest BCUT2D eigenvalue weighted by atomic mass is 10.2. The molecule has 1 saturated heterocycles. The van der Waals surface area contributed by atoms with E-state index in [0.29, 0.717) is 23.7 Å². The smallest absolute Gasteiger partial charge is 0.267 e. The van der Waals surface area contributed by atoms with Crippen molar-refractivity contribution in [1.29, 1.82) is 0 Å². The van der Waals surface area contributed by atoms with E-state index in [4.69, 9.17) is 0 Å². The van der Waals surface area contributed by atoms with Crippen molar-refractivity contribution in [2.75, 3.05) is 49.1 Å². The molecule has 1 fully saturated rings. The van der Waals surface area contributed by atoms with Gasteiger partial charge in [-0.05, 0) is 44.4 Å². The normalized spacial score (nSPS) is 14.7. The van der Waals surface area contributed by atoms with Gasteiger partial charge in [-0.2, -0.15) is 0 Å². The third kappa shape index (κ3) is 3.71. The van der Waals surface area contributed by atoms with Crippen LogP contribution in [0.1, 0.15) is 29.2 Å². The maximum absolute atomic E-state index is 12.5. The number of hydrogen-bond donors (Lipinski definition) is 0. The van der Waals surface area contributed by atoms with Gasteiger partial charge in [-0.25, -0.2) is 0 Å². The number of nitrogens with zero attached hydrogens (tertiary/aromatic N) is 7. The van der Waals surface area contributed by atoms with Crippen LogP contribution in [0.4, 0.5) is 11.6 Å². The quantitative estimate of drug-likeness (QED) is 0.797. The molecule has 3 heterocycles. The first-order valence-electron chi connectivity index (χ1n) is 8.55. The number of rotatable bonds is 5. The van der Waals surface area contributed by atoms with Gasteiger partial charge in [0.15, 0.2) is 11.6 Å². The molecule has 0 bridgehead atoms. The molecule has 0 unspecified atom stereocenters. The first-order chi connectivity index (χ1) is 12.1. The zero-order valence-electron chi connectivity index (χ0n) is 14.8. The highest BCUT2D eigenvalue weighted by Crippen LogP contribution is 2.18. The van der Waals surface area contributed by atoms with Crippen LogP contribution in [0.5, 0.6) is 0 Å². The Bertz CT molecular complexity index is 706. The van der Waals surface area contributed by atoms with Gasteiger partial charge in [0, 0.05) is 39.3 Å². The molecule has 9 heteroatoms. The van der Waals surface area contributed by atoms with E-state index >= 15 is 0 Å². The fourth-order valence-corrected chi connectivity index (χ4v) is 3.54. The number of piperazine rings is 1. The van der Waals surface area contributed by atoms with E-state index < -0.39 is 0 Å². The second-order valence-corrected chi connectivity index (χ2v) is 6.64. The van der Waals surface area contributed by atoms with Crippen molar-refractivity contribution in [3.63, 3.8) is 0 Å². The SMILES string of the molecule is CCN(CC)c1ccc(N2CCN(C(=O)c3snnc3C)CC2)nn1. The number of anilines is 2. The van der Waals surface area contributed by atoms with Gasteiger partial charge in [0.1, 0.15) is 4.88 Å². The van der Waals surface area contributed by atoms with E-state index in [1.807, 2.05) is 24.0 Å². The van der Waals surface area contributed by atoms with Crippen LogP contribution in [-0.2, 0) is 0 Å². The first kappa shape index (κ1) is 17.5. The summed E-state index contributed by atoms with van der Waals surface area (Å²) in [6.07, 6.45) is 0. The van der Waals surface area contributed by atoms with Crippen LogP contribution in [0.3, 0.4) is 0 Å². The van der Waals surface area contributed by atoms with Crippen molar-refractivity contribution in [2.45, 2.75) is 20.8 Å². The number of hydrogen-bond acceptors (Lipinski definition) is 8. The van der Waals surface area contributed by atoms with E-state index in [2.05, 4.69) is 43.4 Å². The standard InChI is InChI=1S/C16H23N7OS/c1-4-21(5-2)13-6-7-14(19-18-13)22-8-10-23(11-9-22)16(24)15-12(3)17-20-25-15/h6-7H,4-5,8-11H2,1-3H3. The molecule has 0 aliphatic carbocycles. The first-order valence-corrected chi connectivity index (χ1v) is 9.33. The number of aromatic nitrogens is 4. The van der Waals surface area contributed by atoms with Crippen LogP contribution >= 0.6 is 11.5 Å². The van der Waals surface area contributed by atoms with E-state index in [1.54, 1.807) is 0 Å². The average molecular weight is 361 g/mol. The Balaban J connectivity index is 1.60. The molecular weight excluding hydrogens is 338 g/mol. The van der Waals surface area contributed by atoms with Gasteiger partial charge in [-0.15, -0.1) is 15.3 Å². The second-order valence-electron chi connectivity index (χ2n) is 5.89. The molecule has 0 N–H and O–H groups in total. The van der Waals surface area contributed by atoms with Crippen molar-refractivity contribution in [3.8, 4) is 0 Å². The Morgan fingerprint density at radius 2 is 1.84 bits per heavy atom. The van der Waals surface area contributed by atoms with Crippen molar-refractivity contribution in [2.24, 2.45) is 0 Å². The molecule has 2 aromatic rings. The fourth-order valence-electron chi connectivity index (χ4n) is 2.91. The van der Waals surface area contributed by atoms with Crippen LogP contribution in [0.2, 0.25) is 0 Å². The minimum absolute atomic E-state index is 0.0233. The van der Waals surface area contributed by atoms with Crippen molar-refractivity contribution < 1.29 is 4.79 Å². The molecule has 2 aromatic heterocycles. The molecule has 1 aliphatic heterocycles. The fraction of sp³-hybridized carbons (Fsp3) is 0.562. The highest BCUT2D eigenvalue weighted by atomic mass is 32.1. The number of carbonyl (C=O) groups excluding carboxylic acids is 1. The van der Waals surface area contributed by atoms with E-state index in [-0.39, 0.29) is 5.91 Å². The molecule has 134 valence electrons. The van der Waals surface area contributed by atoms with Gasteiger partial charge in [0.2, 0.25) is 0 Å². The second kappa shape index (κ2) is 7.73. The Labute approximate surface area is 151 Å². The summed E-state index contributed by atoms with van der Waals surface area (Å²) in [7, 11) is 0. The van der Waals surface area contributed by atoms with Crippen LogP contribution in [0.25, 0.3) is 0 Å². The van der Waals surface area contributed by atoms with Crippen molar-refractivity contribution in [1.82, 2.24) is 24.7 Å². The van der Waals surface area contributed by atoms with Crippen LogP contribution in [0, 0.1) is 6.92 Å². The number of aryl methyl sites for hydroxylation is 1. The van der Waals surface area contributed by atoms with Crippen LogP contribution < -0.4 is 9.80 Å². The Morgan fingerprint density at radius 3 is 2.36 bits per heavy atom. The summed E-state index contributed by atoms with van der Waals surface area (Å²) in [6, 6.07) is 4.02. The third-order valence-electron chi connectivity index (χ3n) is 4.46. The van der Waals surface area contributed by atoms with E-state index in [0.717, 1.165) is 49.3 Å². The molecule has 1 amide bonds. The largest absolute Gasteiger partial charge is 0.356 e. The lowest BCUT2D eigenvalue weighted by molar-refractivity contribution is 0.0750. The number of carbonyl (C=O) groups is 1. The van der Waals surface area contributed by atoms with Gasteiger partial charge in [-0.3, -0.25) is 4.79 Å². The lowest BCUT2D eigenvalue weighted by Crippen LogP contribution is -2.49. The molecular formula is C16H23N7OS. The monoisotopic (exact) mass is 361 g/mol. The number of amides is 1. The minimum Gasteiger partial charge on any atom is -0.356 e. The van der Waals surface area contributed by atoms with E-state index in [1.165, 1.54) is 0 Å². The molecule has 0 spiro atoms. The van der Waals surface area contributed by atoms with Crippen LogP contribution in [0.15, 0.2) is 12.1 Å². The predicted octanol–water partition coefficient (Wildman–Crippen LogP) is 1.45. The summed E-state index contributed by atoms with van der Waals surface area (Å²) >= 11 is 1.16. The van der Waals surface area contributed by atoms with E-state index in [9.17, 15) is 4.79 Å². The Kier molecular flexibility index (Phi) is 5.42. The summed E-state index contributed by atoms with van der Waals surface area (Å²) in [4.78, 5) is 19.3. The highest BCUT2D eigenvalue weighted by Gasteiger charge is 2.25. The van der Waals surface area contributed by atoms with Gasteiger partial charge < -0.3 is 14.7 Å². The van der Waals surface area contributed by atoms with Crippen molar-refractivity contribution in [3.05, 3.63) is 22.7 Å². The molecule has 0 radical (unpaired) electrons. The van der Waals surface area contributed by atoms with Gasteiger partial charge in [0.05, 0.1) is 5.69 Å². The van der Waals surface area contributed by atoms with Crippen molar-refractivity contribution >= 4 is 29.1 Å². The average Bonchev–Trinajstić information content (AvgIpc) is 3.09. The topological polar surface area (TPSA) is 78.4 Å². The predicted molar refractivity (Wildman–Crippen MR) is 98.4 cm³/mol. The summed E-state index contributed by atoms with van der Waals surface area (Å²) in [5, 5.41) is 12.6. The molecule has 1 aliphatic rings. The molecule has 8 nitrogen and oxygen atoms in total. The van der Waals surface area contributed by atoms with Crippen LogP contribution in [-0.4, -0.2) is 69.9 Å². The Morgan fingerprint density at radius 1 is 1.12 bits per heavy atom. The van der Waals surface area contributed by atoms with Gasteiger partial charge >= 0.3 is 0 Å². The third-order valence-corrected chi connectivity index (χ3v) is 5.28. The lowest BCUT2D eigenvalue weighted by Gasteiger charge is -2.35. The molecule has 0 atom stereocenters. The minimum atomic E-state index is 0.0233.